The van der Waals surface area contributed by atoms with Gasteiger partial charge in [-0.25, -0.2) is 0 Å². The van der Waals surface area contributed by atoms with Gasteiger partial charge in [-0.05, 0) is 30.0 Å². The Morgan fingerprint density at radius 3 is 2.15 bits per heavy atom. The zero-order valence-electron chi connectivity index (χ0n) is 14.9. The predicted octanol–water partition coefficient (Wildman–Crippen LogP) is 4.18. The van der Waals surface area contributed by atoms with Crippen molar-refractivity contribution in [2.45, 2.75) is 25.6 Å². The summed E-state index contributed by atoms with van der Waals surface area (Å²) in [7, 11) is 0.455. The van der Waals surface area contributed by atoms with Crippen LogP contribution in [0.5, 0.6) is 0 Å². The van der Waals surface area contributed by atoms with Gasteiger partial charge in [0, 0.05) is 11.1 Å². The SMILES string of the molecule is CC1OC1(C)c1ccccc1C(=O)c1ccccc1Pc1ccccc1. The van der Waals surface area contributed by atoms with Crippen LogP contribution in [-0.4, -0.2) is 11.9 Å². The van der Waals surface area contributed by atoms with Crippen LogP contribution in [-0.2, 0) is 10.3 Å². The van der Waals surface area contributed by atoms with E-state index in [4.69, 9.17) is 4.74 Å². The fraction of sp³-hybridized carbons (Fsp3) is 0.174. The molecule has 0 amide bonds. The minimum absolute atomic E-state index is 0.0727. The van der Waals surface area contributed by atoms with Crippen molar-refractivity contribution in [1.29, 1.82) is 0 Å². The van der Waals surface area contributed by atoms with Gasteiger partial charge in [-0.2, -0.15) is 0 Å². The maximum absolute atomic E-state index is 13.4. The van der Waals surface area contributed by atoms with Crippen molar-refractivity contribution in [3.63, 3.8) is 0 Å². The molecule has 1 aliphatic rings. The van der Waals surface area contributed by atoms with Gasteiger partial charge in [0.05, 0.1) is 6.10 Å². The number of benzene rings is 3. The summed E-state index contributed by atoms with van der Waals surface area (Å²) >= 11 is 0. The molecule has 3 unspecified atom stereocenters. The molecular formula is C23H21O2P. The first kappa shape index (κ1) is 17.1. The molecule has 3 aromatic carbocycles. The quantitative estimate of drug-likeness (QED) is 0.388. The monoisotopic (exact) mass is 360 g/mol. The molecule has 0 bridgehead atoms. The lowest BCUT2D eigenvalue weighted by Gasteiger charge is -2.14. The van der Waals surface area contributed by atoms with Crippen molar-refractivity contribution < 1.29 is 9.53 Å². The Kier molecular flexibility index (Phi) is 4.48. The summed E-state index contributed by atoms with van der Waals surface area (Å²) in [6.07, 6.45) is 0.137. The standard InChI is InChI=1S/C23H21O2P/c1-16-23(2,25-16)20-14-8-6-12-18(20)22(24)19-13-7-9-15-21(19)26-17-10-4-3-5-11-17/h3-16,26H,1-2H3. The Balaban J connectivity index is 1.73. The molecule has 130 valence electrons. The van der Waals surface area contributed by atoms with Gasteiger partial charge in [0.1, 0.15) is 5.60 Å². The van der Waals surface area contributed by atoms with E-state index in [1.165, 1.54) is 5.30 Å². The van der Waals surface area contributed by atoms with Crippen LogP contribution in [0.1, 0.15) is 35.3 Å². The molecular weight excluding hydrogens is 339 g/mol. The van der Waals surface area contributed by atoms with E-state index in [0.717, 1.165) is 22.0 Å². The number of epoxide rings is 1. The second-order valence-corrected chi connectivity index (χ2v) is 8.14. The third-order valence-electron chi connectivity index (χ3n) is 5.07. The number of rotatable bonds is 5. The summed E-state index contributed by atoms with van der Waals surface area (Å²) in [5.74, 6) is 0.0727. The van der Waals surface area contributed by atoms with Gasteiger partial charge >= 0.3 is 0 Å². The number of carbonyl (C=O) groups is 1. The van der Waals surface area contributed by atoms with Gasteiger partial charge in [-0.15, -0.1) is 0 Å². The summed E-state index contributed by atoms with van der Waals surface area (Å²) in [6.45, 7) is 4.10. The average molecular weight is 360 g/mol. The Labute approximate surface area is 156 Å². The molecule has 3 atom stereocenters. The lowest BCUT2D eigenvalue weighted by molar-refractivity contribution is 0.103. The van der Waals surface area contributed by atoms with Gasteiger partial charge in [0.2, 0.25) is 0 Å². The minimum atomic E-state index is -0.358. The largest absolute Gasteiger partial charge is 0.362 e. The lowest BCUT2D eigenvalue weighted by Crippen LogP contribution is -2.19. The first-order valence-electron chi connectivity index (χ1n) is 8.83. The molecule has 4 rings (SSSR count). The van der Waals surface area contributed by atoms with Gasteiger partial charge in [-0.3, -0.25) is 4.79 Å². The molecule has 1 aliphatic heterocycles. The van der Waals surface area contributed by atoms with E-state index in [0.29, 0.717) is 8.58 Å². The smallest absolute Gasteiger partial charge is 0.194 e. The molecule has 0 aliphatic carbocycles. The summed E-state index contributed by atoms with van der Waals surface area (Å²) in [5.41, 5.74) is 2.14. The van der Waals surface area contributed by atoms with Crippen LogP contribution in [0.25, 0.3) is 0 Å². The highest BCUT2D eigenvalue weighted by molar-refractivity contribution is 7.55. The zero-order valence-corrected chi connectivity index (χ0v) is 15.9. The number of hydrogen-bond donors (Lipinski definition) is 0. The summed E-state index contributed by atoms with van der Waals surface area (Å²) < 4.78 is 5.79. The van der Waals surface area contributed by atoms with Crippen LogP contribution in [0, 0.1) is 0 Å². The number of ether oxygens (including phenoxy) is 1. The van der Waals surface area contributed by atoms with Crippen molar-refractivity contribution in [2.24, 2.45) is 0 Å². The van der Waals surface area contributed by atoms with Crippen molar-refractivity contribution in [1.82, 2.24) is 0 Å². The molecule has 0 aromatic heterocycles. The van der Waals surface area contributed by atoms with Gasteiger partial charge < -0.3 is 4.74 Å². The molecule has 3 heteroatoms. The van der Waals surface area contributed by atoms with Gasteiger partial charge in [-0.1, -0.05) is 87.4 Å². The van der Waals surface area contributed by atoms with E-state index < -0.39 is 0 Å². The molecule has 0 radical (unpaired) electrons. The van der Waals surface area contributed by atoms with Crippen LogP contribution in [0.15, 0.2) is 78.9 Å². The fourth-order valence-electron chi connectivity index (χ4n) is 3.34. The number of hydrogen-bond acceptors (Lipinski definition) is 2. The van der Waals surface area contributed by atoms with Crippen molar-refractivity contribution in [3.8, 4) is 0 Å². The maximum Gasteiger partial charge on any atom is 0.194 e. The van der Waals surface area contributed by atoms with Crippen molar-refractivity contribution in [3.05, 3.63) is 95.6 Å². The highest BCUT2D eigenvalue weighted by Gasteiger charge is 2.51. The van der Waals surface area contributed by atoms with E-state index in [-0.39, 0.29) is 17.5 Å². The second-order valence-electron chi connectivity index (χ2n) is 6.78. The van der Waals surface area contributed by atoms with Crippen LogP contribution < -0.4 is 10.6 Å². The first-order valence-corrected chi connectivity index (χ1v) is 9.83. The molecule has 26 heavy (non-hydrogen) atoms. The van der Waals surface area contributed by atoms with E-state index in [1.807, 2.05) is 67.6 Å². The van der Waals surface area contributed by atoms with E-state index in [1.54, 1.807) is 0 Å². The van der Waals surface area contributed by atoms with Crippen LogP contribution in [0.3, 0.4) is 0 Å². The third kappa shape index (κ3) is 3.11. The molecule has 0 N–H and O–H groups in total. The Hall–Kier alpha value is -2.28. The van der Waals surface area contributed by atoms with Crippen LogP contribution in [0.4, 0.5) is 0 Å². The Bertz CT molecular complexity index is 951. The normalized spacial score (nSPS) is 21.8. The number of ketones is 1. The highest BCUT2D eigenvalue weighted by Crippen LogP contribution is 2.47. The molecule has 1 saturated heterocycles. The summed E-state index contributed by atoms with van der Waals surface area (Å²) in [6, 6.07) is 26.1. The predicted molar refractivity (Wildman–Crippen MR) is 108 cm³/mol. The van der Waals surface area contributed by atoms with E-state index in [2.05, 4.69) is 25.1 Å². The third-order valence-corrected chi connectivity index (χ3v) is 6.40. The van der Waals surface area contributed by atoms with Gasteiger partial charge in [0.25, 0.3) is 0 Å². The second kappa shape index (κ2) is 6.79. The average Bonchev–Trinajstić information content (AvgIpc) is 3.30. The van der Waals surface area contributed by atoms with Gasteiger partial charge in [0.15, 0.2) is 5.78 Å². The zero-order chi connectivity index (χ0) is 18.1. The van der Waals surface area contributed by atoms with E-state index in [9.17, 15) is 4.79 Å². The van der Waals surface area contributed by atoms with Crippen LogP contribution >= 0.6 is 8.58 Å². The molecule has 3 aromatic rings. The molecule has 0 saturated carbocycles. The highest BCUT2D eigenvalue weighted by atomic mass is 31.1. The van der Waals surface area contributed by atoms with E-state index >= 15 is 0 Å². The Morgan fingerprint density at radius 2 is 1.46 bits per heavy atom. The summed E-state index contributed by atoms with van der Waals surface area (Å²) in [5, 5.41) is 2.31. The van der Waals surface area contributed by atoms with Crippen molar-refractivity contribution >= 4 is 25.0 Å². The maximum atomic E-state index is 13.4. The fourth-order valence-corrected chi connectivity index (χ4v) is 4.52. The molecule has 0 spiro atoms. The topological polar surface area (TPSA) is 29.6 Å². The minimum Gasteiger partial charge on any atom is -0.362 e. The molecule has 1 fully saturated rings. The molecule has 1 heterocycles. The van der Waals surface area contributed by atoms with Crippen molar-refractivity contribution in [2.75, 3.05) is 0 Å². The molecule has 2 nitrogen and oxygen atoms in total. The summed E-state index contributed by atoms with van der Waals surface area (Å²) in [4.78, 5) is 13.4. The lowest BCUT2D eigenvalue weighted by atomic mass is 9.89. The first-order chi connectivity index (χ1) is 12.6. The number of carbonyl (C=O) groups excluding carboxylic acids is 1. The van der Waals surface area contributed by atoms with Crippen LogP contribution in [0.2, 0.25) is 0 Å². The Morgan fingerprint density at radius 1 is 0.885 bits per heavy atom.